The van der Waals surface area contributed by atoms with E-state index in [9.17, 15) is 9.18 Å². The Morgan fingerprint density at radius 2 is 2.00 bits per heavy atom. The fraction of sp³-hybridized carbons (Fsp3) is 0.100. The van der Waals surface area contributed by atoms with Crippen LogP contribution in [0.4, 0.5) is 21.6 Å². The van der Waals surface area contributed by atoms with Gasteiger partial charge in [0.1, 0.15) is 17.3 Å². The van der Waals surface area contributed by atoms with E-state index < -0.39 is 11.6 Å². The number of pyridine rings is 2. The highest BCUT2D eigenvalue weighted by atomic mass is 19.1. The molecule has 0 aliphatic carbocycles. The molecular weight excluding hydrogens is 345 g/mol. The van der Waals surface area contributed by atoms with E-state index >= 15 is 0 Å². The summed E-state index contributed by atoms with van der Waals surface area (Å²) in [4.78, 5) is 23.2. The van der Waals surface area contributed by atoms with Gasteiger partial charge in [-0.05, 0) is 29.3 Å². The first-order valence-corrected chi connectivity index (χ1v) is 8.15. The Hall–Kier alpha value is -3.79. The molecule has 7 heteroatoms. The van der Waals surface area contributed by atoms with Gasteiger partial charge in [-0.15, -0.1) is 0 Å². The van der Waals surface area contributed by atoms with Crippen molar-refractivity contribution in [1.82, 2.24) is 9.97 Å². The Morgan fingerprint density at radius 3 is 2.74 bits per heavy atom. The highest BCUT2D eigenvalue weighted by molar-refractivity contribution is 5.96. The number of carbonyl (C=O) groups is 1. The van der Waals surface area contributed by atoms with Gasteiger partial charge in [-0.2, -0.15) is 0 Å². The molecule has 0 unspecified atom stereocenters. The molecule has 1 aromatic carbocycles. The second-order valence-electron chi connectivity index (χ2n) is 5.85. The van der Waals surface area contributed by atoms with Crippen molar-refractivity contribution in [2.24, 2.45) is 0 Å². The van der Waals surface area contributed by atoms with E-state index in [0.29, 0.717) is 12.4 Å². The SMILES string of the molecule is [C-]#[N+]c1cnc(C(=O)Cc2cccc(CNc3cccnc3N)c2)c(F)c1. The van der Waals surface area contributed by atoms with Gasteiger partial charge in [0.15, 0.2) is 5.78 Å². The summed E-state index contributed by atoms with van der Waals surface area (Å²) in [5.74, 6) is -0.808. The van der Waals surface area contributed by atoms with E-state index in [-0.39, 0.29) is 17.8 Å². The van der Waals surface area contributed by atoms with Gasteiger partial charge in [-0.25, -0.2) is 14.2 Å². The van der Waals surface area contributed by atoms with Gasteiger partial charge in [0.2, 0.25) is 5.69 Å². The van der Waals surface area contributed by atoms with Crippen LogP contribution in [0.25, 0.3) is 4.85 Å². The number of halogens is 1. The minimum absolute atomic E-state index is 0.0180. The number of hydrogen-bond acceptors (Lipinski definition) is 5. The molecule has 2 heterocycles. The highest BCUT2D eigenvalue weighted by Gasteiger charge is 2.15. The third-order valence-corrected chi connectivity index (χ3v) is 3.90. The van der Waals surface area contributed by atoms with E-state index in [2.05, 4.69) is 20.1 Å². The molecule has 27 heavy (non-hydrogen) atoms. The number of nitrogens with zero attached hydrogens (tertiary/aromatic N) is 3. The number of benzene rings is 1. The molecule has 3 aromatic rings. The smallest absolute Gasteiger partial charge is 0.208 e. The normalized spacial score (nSPS) is 10.2. The molecule has 0 atom stereocenters. The number of hydrogen-bond donors (Lipinski definition) is 2. The summed E-state index contributed by atoms with van der Waals surface area (Å²) in [6.45, 7) is 7.36. The van der Waals surface area contributed by atoms with Crippen LogP contribution in [0.3, 0.4) is 0 Å². The summed E-state index contributed by atoms with van der Waals surface area (Å²) < 4.78 is 14.0. The minimum Gasteiger partial charge on any atom is -0.382 e. The van der Waals surface area contributed by atoms with Crippen LogP contribution in [0.2, 0.25) is 0 Å². The summed E-state index contributed by atoms with van der Waals surface area (Å²) >= 11 is 0. The number of nitrogen functional groups attached to an aromatic ring is 1. The molecule has 0 fully saturated rings. The largest absolute Gasteiger partial charge is 0.382 e. The maximum atomic E-state index is 14.0. The van der Waals surface area contributed by atoms with Gasteiger partial charge in [0.05, 0.1) is 12.3 Å². The molecule has 3 rings (SSSR count). The number of Topliss-reactive ketones (excluding diaryl/α,β-unsaturated/α-hetero) is 1. The van der Waals surface area contributed by atoms with Gasteiger partial charge >= 0.3 is 0 Å². The molecule has 0 radical (unpaired) electrons. The lowest BCUT2D eigenvalue weighted by atomic mass is 10.0. The zero-order valence-electron chi connectivity index (χ0n) is 14.3. The van der Waals surface area contributed by atoms with Gasteiger partial charge in [0.25, 0.3) is 0 Å². The van der Waals surface area contributed by atoms with Crippen LogP contribution in [-0.2, 0) is 13.0 Å². The summed E-state index contributed by atoms with van der Waals surface area (Å²) in [6, 6.07) is 12.0. The first-order valence-electron chi connectivity index (χ1n) is 8.15. The predicted octanol–water partition coefficient (Wildman–Crippen LogP) is 3.79. The third kappa shape index (κ3) is 4.44. The standard InChI is InChI=1S/C20H16FN5O/c1-23-15-10-16(21)19(26-12-15)18(27)9-13-4-2-5-14(8-13)11-25-17-6-3-7-24-20(17)22/h2-8,10,12,25H,9,11H2,(H2,22,24). The molecule has 0 amide bonds. The van der Waals surface area contributed by atoms with Crippen LogP contribution in [0.5, 0.6) is 0 Å². The first-order chi connectivity index (χ1) is 13.1. The molecule has 0 bridgehead atoms. The first kappa shape index (κ1) is 18.0. The van der Waals surface area contributed by atoms with E-state index in [0.717, 1.165) is 22.9 Å². The van der Waals surface area contributed by atoms with Crippen LogP contribution in [-0.4, -0.2) is 15.8 Å². The van der Waals surface area contributed by atoms with E-state index in [1.54, 1.807) is 18.3 Å². The average Bonchev–Trinajstić information content (AvgIpc) is 2.67. The Kier molecular flexibility index (Phi) is 5.38. The lowest BCUT2D eigenvalue weighted by Crippen LogP contribution is -2.09. The number of anilines is 2. The number of rotatable bonds is 6. The Labute approximate surface area is 155 Å². The van der Waals surface area contributed by atoms with Crippen molar-refractivity contribution in [2.75, 3.05) is 11.1 Å². The van der Waals surface area contributed by atoms with Crippen molar-refractivity contribution < 1.29 is 9.18 Å². The summed E-state index contributed by atoms with van der Waals surface area (Å²) in [5, 5.41) is 3.19. The molecule has 0 aliphatic rings. The van der Waals surface area contributed by atoms with Crippen LogP contribution in [0.15, 0.2) is 54.9 Å². The molecule has 0 spiro atoms. The Morgan fingerprint density at radius 1 is 1.19 bits per heavy atom. The molecule has 0 saturated carbocycles. The van der Waals surface area contributed by atoms with Gasteiger partial charge in [-0.3, -0.25) is 9.78 Å². The van der Waals surface area contributed by atoms with E-state index in [4.69, 9.17) is 12.3 Å². The number of nitrogens with two attached hydrogens (primary N) is 1. The molecule has 134 valence electrons. The maximum Gasteiger partial charge on any atom is 0.208 e. The zero-order valence-corrected chi connectivity index (χ0v) is 14.3. The van der Waals surface area contributed by atoms with Crippen molar-refractivity contribution in [3.05, 3.63) is 88.9 Å². The second kappa shape index (κ2) is 8.06. The fourth-order valence-corrected chi connectivity index (χ4v) is 2.58. The molecular formula is C20H16FN5O. The Bertz CT molecular complexity index is 1030. The van der Waals surface area contributed by atoms with Crippen LogP contribution in [0.1, 0.15) is 21.6 Å². The maximum absolute atomic E-state index is 14.0. The van der Waals surface area contributed by atoms with Gasteiger partial charge in [-0.1, -0.05) is 24.3 Å². The van der Waals surface area contributed by atoms with E-state index in [1.807, 2.05) is 24.3 Å². The third-order valence-electron chi connectivity index (χ3n) is 3.90. The minimum atomic E-state index is -0.779. The van der Waals surface area contributed by atoms with Crippen LogP contribution < -0.4 is 11.1 Å². The van der Waals surface area contributed by atoms with Crippen molar-refractivity contribution in [2.45, 2.75) is 13.0 Å². The zero-order chi connectivity index (χ0) is 19.2. The fourth-order valence-electron chi connectivity index (χ4n) is 2.58. The molecule has 3 N–H and O–H groups in total. The van der Waals surface area contributed by atoms with Crippen molar-refractivity contribution in [3.63, 3.8) is 0 Å². The number of ketones is 1. The molecule has 0 saturated heterocycles. The molecule has 6 nitrogen and oxygen atoms in total. The average molecular weight is 361 g/mol. The van der Waals surface area contributed by atoms with Crippen LogP contribution >= 0.6 is 0 Å². The van der Waals surface area contributed by atoms with Gasteiger partial charge in [0, 0.05) is 25.4 Å². The molecule has 0 aliphatic heterocycles. The monoisotopic (exact) mass is 361 g/mol. The lowest BCUT2D eigenvalue weighted by molar-refractivity contribution is 0.0984. The summed E-state index contributed by atoms with van der Waals surface area (Å²) in [6.07, 6.45) is 2.83. The van der Waals surface area contributed by atoms with Crippen molar-refractivity contribution in [3.8, 4) is 0 Å². The predicted molar refractivity (Wildman–Crippen MR) is 101 cm³/mol. The number of carbonyl (C=O) groups excluding carboxylic acids is 1. The van der Waals surface area contributed by atoms with Gasteiger partial charge < -0.3 is 11.1 Å². The Balaban J connectivity index is 1.69. The van der Waals surface area contributed by atoms with E-state index in [1.165, 1.54) is 6.20 Å². The van der Waals surface area contributed by atoms with Crippen molar-refractivity contribution in [1.29, 1.82) is 0 Å². The quantitative estimate of drug-likeness (QED) is 0.515. The topological polar surface area (TPSA) is 85.3 Å². The summed E-state index contributed by atoms with van der Waals surface area (Å²) in [5.41, 5.74) is 8.02. The van der Waals surface area contributed by atoms with Crippen LogP contribution in [0, 0.1) is 12.4 Å². The highest BCUT2D eigenvalue weighted by Crippen LogP contribution is 2.18. The second-order valence-corrected chi connectivity index (χ2v) is 5.85. The number of aromatic nitrogens is 2. The molecule has 2 aromatic heterocycles. The lowest BCUT2D eigenvalue weighted by Gasteiger charge is -2.09. The summed E-state index contributed by atoms with van der Waals surface area (Å²) in [7, 11) is 0. The van der Waals surface area contributed by atoms with Crippen molar-refractivity contribution >= 4 is 23.0 Å². The number of nitrogens with one attached hydrogen (secondary N) is 1.